The smallest absolute Gasteiger partial charge is 0.182 e. The van der Waals surface area contributed by atoms with Gasteiger partial charge >= 0.3 is 0 Å². The second-order valence-electron chi connectivity index (χ2n) is 5.23. The van der Waals surface area contributed by atoms with Gasteiger partial charge in [-0.25, -0.2) is 15.0 Å². The summed E-state index contributed by atoms with van der Waals surface area (Å²) in [4.78, 5) is 18.8. The number of anilines is 1. The number of aromatic nitrogens is 5. The van der Waals surface area contributed by atoms with Gasteiger partial charge in [-0.1, -0.05) is 0 Å². The average Bonchev–Trinajstić information content (AvgIpc) is 3.21. The van der Waals surface area contributed by atoms with E-state index in [1.807, 2.05) is 18.3 Å². The van der Waals surface area contributed by atoms with Gasteiger partial charge in [0.05, 0.1) is 13.4 Å². The molecule has 0 aliphatic carbocycles. The van der Waals surface area contributed by atoms with Gasteiger partial charge in [-0.3, -0.25) is 0 Å². The van der Waals surface area contributed by atoms with Crippen LogP contribution in [0.25, 0.3) is 22.1 Å². The molecule has 0 aliphatic heterocycles. The predicted molar refractivity (Wildman–Crippen MR) is 88.7 cm³/mol. The average molecular weight is 308 g/mol. The first-order valence-corrected chi connectivity index (χ1v) is 7.37. The molecule has 116 valence electrons. The van der Waals surface area contributed by atoms with Crippen LogP contribution in [-0.4, -0.2) is 38.6 Å². The molecular weight excluding hydrogens is 292 g/mol. The fourth-order valence-electron chi connectivity index (χ4n) is 2.71. The Morgan fingerprint density at radius 1 is 1.17 bits per heavy atom. The molecule has 0 unspecified atom stereocenters. The number of hydrogen-bond donors (Lipinski definition) is 3. The Bertz CT molecular complexity index is 957. The third-order valence-corrected chi connectivity index (χ3v) is 3.88. The number of nitrogens with one attached hydrogen (secondary N) is 3. The van der Waals surface area contributed by atoms with Crippen LogP contribution in [0.4, 0.5) is 5.82 Å². The van der Waals surface area contributed by atoms with Gasteiger partial charge in [-0.05, 0) is 30.2 Å². The van der Waals surface area contributed by atoms with Gasteiger partial charge in [0.2, 0.25) is 0 Å². The molecule has 3 N–H and O–H groups in total. The second kappa shape index (κ2) is 5.60. The molecule has 0 radical (unpaired) electrons. The van der Waals surface area contributed by atoms with Crippen molar-refractivity contribution in [2.45, 2.75) is 6.42 Å². The molecule has 4 aromatic rings. The second-order valence-corrected chi connectivity index (χ2v) is 5.23. The number of fused-ring (bicyclic) bond motifs is 2. The van der Waals surface area contributed by atoms with Gasteiger partial charge < -0.3 is 20.0 Å². The van der Waals surface area contributed by atoms with Crippen molar-refractivity contribution < 1.29 is 4.74 Å². The van der Waals surface area contributed by atoms with Crippen LogP contribution in [0, 0.1) is 0 Å². The lowest BCUT2D eigenvalue weighted by Gasteiger charge is -2.06. The normalized spacial score (nSPS) is 11.2. The molecule has 1 aromatic carbocycles. The van der Waals surface area contributed by atoms with E-state index in [-0.39, 0.29) is 0 Å². The van der Waals surface area contributed by atoms with E-state index in [0.717, 1.165) is 35.6 Å². The summed E-state index contributed by atoms with van der Waals surface area (Å²) >= 11 is 0. The lowest BCUT2D eigenvalue weighted by atomic mass is 10.1. The van der Waals surface area contributed by atoms with Crippen molar-refractivity contribution in [2.24, 2.45) is 0 Å². The highest BCUT2D eigenvalue weighted by Gasteiger charge is 2.07. The zero-order chi connectivity index (χ0) is 15.6. The van der Waals surface area contributed by atoms with Crippen molar-refractivity contribution in [3.8, 4) is 5.75 Å². The highest BCUT2D eigenvalue weighted by molar-refractivity contribution is 5.85. The Hall–Kier alpha value is -3.09. The number of hydrogen-bond acceptors (Lipinski definition) is 5. The summed E-state index contributed by atoms with van der Waals surface area (Å²) in [6.45, 7) is 0.759. The number of nitrogens with zero attached hydrogens (tertiary/aromatic N) is 3. The van der Waals surface area contributed by atoms with E-state index >= 15 is 0 Å². The minimum Gasteiger partial charge on any atom is -0.497 e. The van der Waals surface area contributed by atoms with Crippen LogP contribution in [0.5, 0.6) is 5.75 Å². The summed E-state index contributed by atoms with van der Waals surface area (Å²) < 4.78 is 5.30. The molecule has 3 heterocycles. The predicted octanol–water partition coefficient (Wildman–Crippen LogP) is 2.50. The molecular formula is C16H16N6O. The number of benzene rings is 1. The Labute approximate surface area is 132 Å². The first-order chi connectivity index (χ1) is 11.3. The fourth-order valence-corrected chi connectivity index (χ4v) is 2.71. The molecule has 0 bridgehead atoms. The first kappa shape index (κ1) is 13.6. The van der Waals surface area contributed by atoms with E-state index in [2.05, 4.69) is 36.3 Å². The summed E-state index contributed by atoms with van der Waals surface area (Å²) in [6.07, 6.45) is 6.04. The van der Waals surface area contributed by atoms with Gasteiger partial charge in [-0.15, -0.1) is 0 Å². The van der Waals surface area contributed by atoms with Crippen molar-refractivity contribution in [1.82, 2.24) is 24.9 Å². The van der Waals surface area contributed by atoms with E-state index < -0.39 is 0 Å². The van der Waals surface area contributed by atoms with Crippen LogP contribution >= 0.6 is 0 Å². The molecule has 0 saturated carbocycles. The maximum atomic E-state index is 5.30. The molecule has 0 fully saturated rings. The summed E-state index contributed by atoms with van der Waals surface area (Å²) in [5, 5.41) is 4.52. The third-order valence-electron chi connectivity index (χ3n) is 3.88. The van der Waals surface area contributed by atoms with Gasteiger partial charge in [0.15, 0.2) is 11.5 Å². The molecule has 4 rings (SSSR count). The van der Waals surface area contributed by atoms with Gasteiger partial charge in [-0.2, -0.15) is 0 Å². The van der Waals surface area contributed by atoms with Crippen molar-refractivity contribution in [2.75, 3.05) is 19.0 Å². The Balaban J connectivity index is 1.52. The highest BCUT2D eigenvalue weighted by atomic mass is 16.5. The van der Waals surface area contributed by atoms with Gasteiger partial charge in [0.1, 0.15) is 17.6 Å². The van der Waals surface area contributed by atoms with E-state index in [1.165, 1.54) is 17.3 Å². The largest absolute Gasteiger partial charge is 0.497 e. The maximum Gasteiger partial charge on any atom is 0.182 e. The van der Waals surface area contributed by atoms with E-state index in [9.17, 15) is 0 Å². The Morgan fingerprint density at radius 2 is 2.13 bits per heavy atom. The monoisotopic (exact) mass is 308 g/mol. The number of ether oxygens (including phenoxy) is 1. The molecule has 0 amide bonds. The van der Waals surface area contributed by atoms with Gasteiger partial charge in [0.25, 0.3) is 0 Å². The molecule has 3 aromatic heterocycles. The SMILES string of the molecule is COc1ccc2[nH]cc(CCNc3ncnc4nc[nH]c34)c2c1. The summed E-state index contributed by atoms with van der Waals surface area (Å²) in [6, 6.07) is 6.04. The summed E-state index contributed by atoms with van der Waals surface area (Å²) in [7, 11) is 1.68. The lowest BCUT2D eigenvalue weighted by Crippen LogP contribution is -2.06. The minimum atomic E-state index is 0.666. The number of imidazole rings is 1. The van der Waals surface area contributed by atoms with Crippen LogP contribution in [0.1, 0.15) is 5.56 Å². The molecule has 0 saturated heterocycles. The number of aromatic amines is 2. The van der Waals surface area contributed by atoms with Crippen LogP contribution in [0.15, 0.2) is 37.1 Å². The zero-order valence-corrected chi connectivity index (χ0v) is 12.6. The van der Waals surface area contributed by atoms with Crippen molar-refractivity contribution >= 4 is 27.9 Å². The van der Waals surface area contributed by atoms with E-state index in [0.29, 0.717) is 5.65 Å². The zero-order valence-electron chi connectivity index (χ0n) is 12.6. The van der Waals surface area contributed by atoms with Crippen molar-refractivity contribution in [3.05, 3.63) is 42.6 Å². The Kier molecular flexibility index (Phi) is 3.30. The van der Waals surface area contributed by atoms with Gasteiger partial charge in [0, 0.05) is 23.6 Å². The third kappa shape index (κ3) is 2.46. The molecule has 0 spiro atoms. The highest BCUT2D eigenvalue weighted by Crippen LogP contribution is 2.24. The van der Waals surface area contributed by atoms with Crippen molar-refractivity contribution in [1.29, 1.82) is 0 Å². The van der Waals surface area contributed by atoms with E-state index in [1.54, 1.807) is 13.4 Å². The lowest BCUT2D eigenvalue weighted by molar-refractivity contribution is 0.415. The summed E-state index contributed by atoms with van der Waals surface area (Å²) in [5.74, 6) is 1.63. The Morgan fingerprint density at radius 3 is 3.04 bits per heavy atom. The topological polar surface area (TPSA) is 91.5 Å². The number of H-pyrrole nitrogens is 2. The van der Waals surface area contributed by atoms with Crippen LogP contribution < -0.4 is 10.1 Å². The molecule has 23 heavy (non-hydrogen) atoms. The molecule has 7 nitrogen and oxygen atoms in total. The standard InChI is InChI=1S/C16H16N6O/c1-23-11-2-3-13-12(6-11)10(7-18-13)4-5-17-15-14-16(20-8-19-14)22-9-21-15/h2-3,6-9,18H,4-5H2,1H3,(H2,17,19,20,21,22). The molecule has 0 aliphatic rings. The number of methoxy groups -OCH3 is 1. The fraction of sp³-hybridized carbons (Fsp3) is 0.188. The van der Waals surface area contributed by atoms with Crippen LogP contribution in [0.2, 0.25) is 0 Å². The van der Waals surface area contributed by atoms with Crippen molar-refractivity contribution in [3.63, 3.8) is 0 Å². The minimum absolute atomic E-state index is 0.666. The van der Waals surface area contributed by atoms with E-state index in [4.69, 9.17) is 4.74 Å². The van der Waals surface area contributed by atoms with Crippen LogP contribution in [0.3, 0.4) is 0 Å². The molecule has 0 atom stereocenters. The molecule has 7 heteroatoms. The first-order valence-electron chi connectivity index (χ1n) is 7.37. The summed E-state index contributed by atoms with van der Waals surface area (Å²) in [5.41, 5.74) is 3.84. The quantitative estimate of drug-likeness (QED) is 0.527. The van der Waals surface area contributed by atoms with Crippen LogP contribution in [-0.2, 0) is 6.42 Å². The number of rotatable bonds is 5. The maximum absolute atomic E-state index is 5.30.